The molecule has 3 rings (SSSR count). The van der Waals surface area contributed by atoms with Gasteiger partial charge in [-0.1, -0.05) is 39.3 Å². The van der Waals surface area contributed by atoms with Crippen LogP contribution in [0, 0.1) is 0 Å². The molecule has 0 aliphatic heterocycles. The number of hydrogen-bond acceptors (Lipinski definition) is 4. The van der Waals surface area contributed by atoms with Gasteiger partial charge in [-0.25, -0.2) is 0 Å². The minimum Gasteiger partial charge on any atom is -0.505 e. The average Bonchev–Trinajstić information content (AvgIpc) is 2.95. The summed E-state index contributed by atoms with van der Waals surface area (Å²) >= 11 is 6.02. The normalized spacial score (nSPS) is 13.4. The summed E-state index contributed by atoms with van der Waals surface area (Å²) in [6.07, 6.45) is -0.0300. The van der Waals surface area contributed by atoms with E-state index in [0.717, 1.165) is 11.1 Å². The number of fused-ring (bicyclic) bond motifs is 1. The number of benzene rings is 2. The van der Waals surface area contributed by atoms with Crippen molar-refractivity contribution in [3.05, 3.63) is 46.5 Å². The molecule has 0 radical (unpaired) electrons. The molecule has 0 spiro atoms. The number of aliphatic hydroxyl groups excluding tert-OH is 1. The van der Waals surface area contributed by atoms with Crippen LogP contribution in [-0.2, 0) is 5.41 Å². The van der Waals surface area contributed by atoms with Crippen LogP contribution in [0.5, 0.6) is 5.75 Å². The largest absolute Gasteiger partial charge is 0.505 e. The Bertz CT molecular complexity index is 928. The van der Waals surface area contributed by atoms with Crippen molar-refractivity contribution in [3.8, 4) is 11.4 Å². The summed E-state index contributed by atoms with van der Waals surface area (Å²) in [4.78, 5) is 1.40. The van der Waals surface area contributed by atoms with Gasteiger partial charge in [-0.3, -0.25) is 0 Å². The molecule has 3 aromatic rings. The fourth-order valence-electron chi connectivity index (χ4n) is 2.79. The van der Waals surface area contributed by atoms with Crippen molar-refractivity contribution in [2.75, 3.05) is 0 Å². The maximum atomic E-state index is 10.8. The van der Waals surface area contributed by atoms with Gasteiger partial charge in [0.1, 0.15) is 22.5 Å². The molecule has 2 N–H and O–H groups in total. The predicted octanol–water partition coefficient (Wildman–Crippen LogP) is 4.52. The molecule has 6 heteroatoms. The molecule has 0 amide bonds. The SMILES string of the molecule is CCC(O)c1cc(-n2nc3ccc(Cl)cc3n2)c(O)c(C(C)(C)C)c1. The van der Waals surface area contributed by atoms with E-state index in [1.165, 1.54) is 4.80 Å². The Kier molecular flexibility index (Phi) is 4.47. The summed E-state index contributed by atoms with van der Waals surface area (Å²) in [5, 5.41) is 30.6. The molecule has 1 aromatic heterocycles. The number of aliphatic hydroxyl groups is 1. The third kappa shape index (κ3) is 3.34. The van der Waals surface area contributed by atoms with E-state index in [2.05, 4.69) is 10.2 Å². The molecule has 1 atom stereocenters. The molecule has 1 unspecified atom stereocenters. The van der Waals surface area contributed by atoms with Crippen molar-refractivity contribution < 1.29 is 10.2 Å². The molecular weight excluding hydrogens is 338 g/mol. The van der Waals surface area contributed by atoms with Gasteiger partial charge in [0.05, 0.1) is 6.10 Å². The van der Waals surface area contributed by atoms with Crippen LogP contribution in [0.3, 0.4) is 0 Å². The summed E-state index contributed by atoms with van der Waals surface area (Å²) in [7, 11) is 0. The van der Waals surface area contributed by atoms with Crippen molar-refractivity contribution in [1.29, 1.82) is 0 Å². The molecule has 5 nitrogen and oxygen atoms in total. The molecule has 2 aromatic carbocycles. The van der Waals surface area contributed by atoms with Crippen LogP contribution < -0.4 is 0 Å². The zero-order chi connectivity index (χ0) is 18.4. The van der Waals surface area contributed by atoms with E-state index in [-0.39, 0.29) is 11.2 Å². The van der Waals surface area contributed by atoms with Crippen molar-refractivity contribution >= 4 is 22.6 Å². The van der Waals surface area contributed by atoms with Crippen LogP contribution in [0.1, 0.15) is 51.3 Å². The Labute approximate surface area is 151 Å². The van der Waals surface area contributed by atoms with Gasteiger partial charge in [0, 0.05) is 10.6 Å². The lowest BCUT2D eigenvalue weighted by Crippen LogP contribution is -2.14. The minimum absolute atomic E-state index is 0.117. The van der Waals surface area contributed by atoms with Crippen LogP contribution in [0.25, 0.3) is 16.7 Å². The fourth-order valence-corrected chi connectivity index (χ4v) is 2.95. The van der Waals surface area contributed by atoms with E-state index in [0.29, 0.717) is 28.2 Å². The van der Waals surface area contributed by atoms with Gasteiger partial charge in [-0.15, -0.1) is 15.0 Å². The van der Waals surface area contributed by atoms with E-state index >= 15 is 0 Å². The Morgan fingerprint density at radius 3 is 2.44 bits per heavy atom. The number of rotatable bonds is 3. The molecule has 1 heterocycles. The molecule has 0 fully saturated rings. The quantitative estimate of drug-likeness (QED) is 0.721. The van der Waals surface area contributed by atoms with Crippen molar-refractivity contribution in [3.63, 3.8) is 0 Å². The third-order valence-corrected chi connectivity index (χ3v) is 4.48. The van der Waals surface area contributed by atoms with Gasteiger partial charge >= 0.3 is 0 Å². The maximum absolute atomic E-state index is 10.8. The lowest BCUT2D eigenvalue weighted by Gasteiger charge is -2.24. The first kappa shape index (κ1) is 17.7. The summed E-state index contributed by atoms with van der Waals surface area (Å²) in [5.41, 5.74) is 2.96. The van der Waals surface area contributed by atoms with Crippen molar-refractivity contribution in [2.24, 2.45) is 0 Å². The molecule has 132 valence electrons. The van der Waals surface area contributed by atoms with Gasteiger partial charge in [0.2, 0.25) is 0 Å². The zero-order valence-corrected chi connectivity index (χ0v) is 15.5. The lowest BCUT2D eigenvalue weighted by atomic mass is 9.84. The minimum atomic E-state index is -0.611. The van der Waals surface area contributed by atoms with Crippen LogP contribution >= 0.6 is 11.6 Å². The monoisotopic (exact) mass is 359 g/mol. The molecule has 0 saturated carbocycles. The van der Waals surface area contributed by atoms with Crippen LogP contribution in [0.4, 0.5) is 0 Å². The van der Waals surface area contributed by atoms with E-state index < -0.39 is 6.10 Å². The van der Waals surface area contributed by atoms with Gasteiger partial charge in [-0.2, -0.15) is 0 Å². The van der Waals surface area contributed by atoms with Crippen molar-refractivity contribution in [1.82, 2.24) is 15.0 Å². The highest BCUT2D eigenvalue weighted by molar-refractivity contribution is 6.31. The Morgan fingerprint density at radius 1 is 1.12 bits per heavy atom. The van der Waals surface area contributed by atoms with Crippen LogP contribution in [0.15, 0.2) is 30.3 Å². The fraction of sp³-hybridized carbons (Fsp3) is 0.368. The van der Waals surface area contributed by atoms with Crippen LogP contribution in [-0.4, -0.2) is 25.2 Å². The first-order valence-electron chi connectivity index (χ1n) is 8.29. The topological polar surface area (TPSA) is 71.2 Å². The molecule has 0 saturated heterocycles. The number of nitrogens with zero attached hydrogens (tertiary/aromatic N) is 3. The maximum Gasteiger partial charge on any atom is 0.146 e. The van der Waals surface area contributed by atoms with Gasteiger partial charge in [0.25, 0.3) is 0 Å². The van der Waals surface area contributed by atoms with E-state index in [9.17, 15) is 10.2 Å². The highest BCUT2D eigenvalue weighted by Crippen LogP contribution is 2.38. The summed E-state index contributed by atoms with van der Waals surface area (Å²) in [6.45, 7) is 7.96. The Balaban J connectivity index is 2.25. The predicted molar refractivity (Wildman–Crippen MR) is 99.5 cm³/mol. The second kappa shape index (κ2) is 6.32. The second-order valence-corrected chi connectivity index (χ2v) is 7.67. The van der Waals surface area contributed by atoms with Crippen LogP contribution in [0.2, 0.25) is 5.02 Å². The molecular formula is C19H22ClN3O2. The standard InChI is InChI=1S/C19H22ClN3O2/c1-5-17(24)11-8-13(19(2,3)4)18(25)16(9-11)23-21-14-7-6-12(20)10-15(14)22-23/h6-10,17,24-25H,5H2,1-4H3. The number of hydrogen-bond donors (Lipinski definition) is 2. The average molecular weight is 360 g/mol. The molecule has 0 aliphatic carbocycles. The Morgan fingerprint density at radius 2 is 1.80 bits per heavy atom. The number of aromatic hydroxyl groups is 1. The zero-order valence-electron chi connectivity index (χ0n) is 14.8. The first-order valence-corrected chi connectivity index (χ1v) is 8.67. The number of halogens is 1. The third-order valence-electron chi connectivity index (χ3n) is 4.25. The number of aromatic nitrogens is 3. The summed E-state index contributed by atoms with van der Waals surface area (Å²) in [6, 6.07) is 8.85. The first-order chi connectivity index (χ1) is 11.7. The Hall–Kier alpha value is -2.11. The number of phenols is 1. The van der Waals surface area contributed by atoms with E-state index in [4.69, 9.17) is 11.6 Å². The van der Waals surface area contributed by atoms with Gasteiger partial charge in [0.15, 0.2) is 0 Å². The highest BCUT2D eigenvalue weighted by Gasteiger charge is 2.24. The second-order valence-electron chi connectivity index (χ2n) is 7.23. The summed E-state index contributed by atoms with van der Waals surface area (Å²) < 4.78 is 0. The van der Waals surface area contributed by atoms with E-state index in [1.807, 2.05) is 33.8 Å². The van der Waals surface area contributed by atoms with E-state index in [1.54, 1.807) is 24.3 Å². The number of phenolic OH excluding ortho intramolecular Hbond substituents is 1. The smallest absolute Gasteiger partial charge is 0.146 e. The molecule has 0 aliphatic rings. The van der Waals surface area contributed by atoms with Crippen molar-refractivity contribution in [2.45, 2.75) is 45.6 Å². The van der Waals surface area contributed by atoms with Gasteiger partial charge < -0.3 is 10.2 Å². The molecule has 0 bridgehead atoms. The van der Waals surface area contributed by atoms with Gasteiger partial charge in [-0.05, 0) is 47.7 Å². The highest BCUT2D eigenvalue weighted by atomic mass is 35.5. The molecule has 25 heavy (non-hydrogen) atoms. The summed E-state index contributed by atoms with van der Waals surface area (Å²) in [5.74, 6) is 0.117. The lowest BCUT2D eigenvalue weighted by molar-refractivity contribution is 0.173.